The molecule has 3 nitrogen and oxygen atoms in total. The minimum atomic E-state index is 0. The lowest BCUT2D eigenvalue weighted by Crippen LogP contribution is -2.37. The number of benzene rings is 2. The molecule has 0 saturated carbocycles. The first kappa shape index (κ1) is 22.6. The Balaban J connectivity index is 0.00000338. The largest absolute Gasteiger partial charge is 0.490 e. The molecule has 0 amide bonds. The van der Waals surface area contributed by atoms with Gasteiger partial charge in [-0.15, -0.1) is 12.4 Å². The van der Waals surface area contributed by atoms with Crippen molar-refractivity contribution in [3.63, 3.8) is 0 Å². The molecule has 2 rings (SSSR count). The van der Waals surface area contributed by atoms with Crippen LogP contribution >= 0.6 is 24.0 Å². The van der Waals surface area contributed by atoms with E-state index in [-0.39, 0.29) is 17.9 Å². The van der Waals surface area contributed by atoms with Crippen LogP contribution in [-0.2, 0) is 13.2 Å². The molecule has 0 radical (unpaired) electrons. The molecule has 0 aliphatic rings. The second-order valence-electron chi connectivity index (χ2n) is 6.70. The summed E-state index contributed by atoms with van der Waals surface area (Å²) in [6.45, 7) is 10.3. The maximum atomic E-state index is 6.49. The van der Waals surface area contributed by atoms with Gasteiger partial charge in [-0.05, 0) is 50.5 Å². The van der Waals surface area contributed by atoms with Gasteiger partial charge in [-0.3, -0.25) is 0 Å². The smallest absolute Gasteiger partial charge is 0.180 e. The summed E-state index contributed by atoms with van der Waals surface area (Å²) in [5.74, 6) is 1.29. The van der Waals surface area contributed by atoms with Crippen LogP contribution in [0.5, 0.6) is 11.5 Å². The van der Waals surface area contributed by atoms with Crippen LogP contribution in [0.1, 0.15) is 45.2 Å². The summed E-state index contributed by atoms with van der Waals surface area (Å²) >= 11 is 6.49. The van der Waals surface area contributed by atoms with Gasteiger partial charge in [0.15, 0.2) is 11.5 Å². The summed E-state index contributed by atoms with van der Waals surface area (Å²) in [7, 11) is 0. The van der Waals surface area contributed by atoms with Crippen molar-refractivity contribution in [3.05, 3.63) is 58.6 Å². The Hall–Kier alpha value is -1.42. The molecular weight excluding hydrogens is 369 g/mol. The summed E-state index contributed by atoms with van der Waals surface area (Å²) in [4.78, 5) is 0. The molecule has 0 aromatic heterocycles. The molecule has 0 aliphatic heterocycles. The fourth-order valence-electron chi connectivity index (χ4n) is 2.32. The highest BCUT2D eigenvalue weighted by atomic mass is 35.5. The molecule has 0 heterocycles. The van der Waals surface area contributed by atoms with Gasteiger partial charge in [0.05, 0.1) is 11.6 Å². The molecule has 2 aromatic carbocycles. The van der Waals surface area contributed by atoms with Crippen molar-refractivity contribution in [2.45, 2.75) is 52.8 Å². The summed E-state index contributed by atoms with van der Waals surface area (Å²) < 4.78 is 11.7. The normalized spacial score (nSPS) is 11.0. The summed E-state index contributed by atoms with van der Waals surface area (Å²) in [5, 5.41) is 4.12. The molecule has 144 valence electrons. The fraction of sp³-hybridized carbons (Fsp3) is 0.429. The minimum absolute atomic E-state index is 0. The highest BCUT2D eigenvalue weighted by Crippen LogP contribution is 2.37. The van der Waals surface area contributed by atoms with Crippen LogP contribution in [0.15, 0.2) is 42.5 Å². The fourth-order valence-corrected chi connectivity index (χ4v) is 2.61. The highest BCUT2D eigenvalue weighted by molar-refractivity contribution is 6.32. The number of hydrogen-bond acceptors (Lipinski definition) is 3. The van der Waals surface area contributed by atoms with Gasteiger partial charge >= 0.3 is 0 Å². The van der Waals surface area contributed by atoms with Crippen LogP contribution < -0.4 is 14.8 Å². The zero-order valence-corrected chi connectivity index (χ0v) is 17.5. The van der Waals surface area contributed by atoms with Gasteiger partial charge in [0.1, 0.15) is 6.61 Å². The standard InChI is InChI=1S/C21H28ClNO2.ClH/c1-5-21(3,4)23-14-17-12-18(22)20(19(13-17)24-6-2)25-15-16-10-8-7-9-11-16;/h7-13,23H,5-6,14-15H2,1-4H3;1H. The molecule has 0 bridgehead atoms. The Kier molecular flexibility index (Phi) is 9.28. The van der Waals surface area contributed by atoms with Crippen molar-refractivity contribution in [3.8, 4) is 11.5 Å². The number of nitrogens with one attached hydrogen (secondary N) is 1. The van der Waals surface area contributed by atoms with E-state index in [4.69, 9.17) is 21.1 Å². The molecule has 5 heteroatoms. The summed E-state index contributed by atoms with van der Waals surface area (Å²) in [6, 6.07) is 14.0. The van der Waals surface area contributed by atoms with Crippen LogP contribution in [0.3, 0.4) is 0 Å². The number of ether oxygens (including phenoxy) is 2. The lowest BCUT2D eigenvalue weighted by Gasteiger charge is -2.25. The zero-order chi connectivity index (χ0) is 18.3. The Morgan fingerprint density at radius 3 is 2.31 bits per heavy atom. The second-order valence-corrected chi connectivity index (χ2v) is 7.11. The quantitative estimate of drug-likeness (QED) is 0.561. The van der Waals surface area contributed by atoms with E-state index in [0.717, 1.165) is 24.1 Å². The van der Waals surface area contributed by atoms with E-state index < -0.39 is 0 Å². The number of hydrogen-bond donors (Lipinski definition) is 1. The third-order valence-corrected chi connectivity index (χ3v) is 4.53. The summed E-state index contributed by atoms with van der Waals surface area (Å²) in [5.41, 5.74) is 2.26. The number of rotatable bonds is 9. The van der Waals surface area contributed by atoms with E-state index in [0.29, 0.717) is 29.7 Å². The van der Waals surface area contributed by atoms with E-state index in [1.165, 1.54) is 0 Å². The maximum absolute atomic E-state index is 6.49. The summed E-state index contributed by atoms with van der Waals surface area (Å²) in [6.07, 6.45) is 1.05. The first-order chi connectivity index (χ1) is 11.9. The van der Waals surface area contributed by atoms with Gasteiger partial charge in [0, 0.05) is 12.1 Å². The van der Waals surface area contributed by atoms with Gasteiger partial charge in [-0.1, -0.05) is 48.9 Å². The maximum Gasteiger partial charge on any atom is 0.180 e. The van der Waals surface area contributed by atoms with Gasteiger partial charge in [-0.25, -0.2) is 0 Å². The van der Waals surface area contributed by atoms with Crippen molar-refractivity contribution in [2.75, 3.05) is 6.61 Å². The molecule has 1 N–H and O–H groups in total. The van der Waals surface area contributed by atoms with Crippen molar-refractivity contribution in [2.24, 2.45) is 0 Å². The second kappa shape index (κ2) is 10.7. The van der Waals surface area contributed by atoms with E-state index >= 15 is 0 Å². The van der Waals surface area contributed by atoms with Crippen LogP contribution in [0.2, 0.25) is 5.02 Å². The Morgan fingerprint density at radius 1 is 1.00 bits per heavy atom. The zero-order valence-electron chi connectivity index (χ0n) is 16.0. The van der Waals surface area contributed by atoms with Gasteiger partial charge in [-0.2, -0.15) is 0 Å². The lowest BCUT2D eigenvalue weighted by atomic mass is 10.0. The van der Waals surface area contributed by atoms with E-state index in [9.17, 15) is 0 Å². The van der Waals surface area contributed by atoms with Crippen molar-refractivity contribution < 1.29 is 9.47 Å². The van der Waals surface area contributed by atoms with Crippen molar-refractivity contribution in [1.29, 1.82) is 0 Å². The minimum Gasteiger partial charge on any atom is -0.490 e. The molecule has 26 heavy (non-hydrogen) atoms. The topological polar surface area (TPSA) is 30.5 Å². The number of halogens is 2. The Labute approximate surface area is 168 Å². The van der Waals surface area contributed by atoms with Gasteiger partial charge in [0.25, 0.3) is 0 Å². The SMILES string of the molecule is CCOc1cc(CNC(C)(C)CC)cc(Cl)c1OCc1ccccc1.Cl. The Morgan fingerprint density at radius 2 is 1.69 bits per heavy atom. The van der Waals surface area contributed by atoms with Gasteiger partial charge in [0.2, 0.25) is 0 Å². The average molecular weight is 398 g/mol. The molecule has 0 unspecified atom stereocenters. The van der Waals surface area contributed by atoms with Crippen molar-refractivity contribution in [1.82, 2.24) is 5.32 Å². The third kappa shape index (κ3) is 6.71. The average Bonchev–Trinajstić information content (AvgIpc) is 2.60. The van der Waals surface area contributed by atoms with Gasteiger partial charge < -0.3 is 14.8 Å². The molecule has 2 aromatic rings. The van der Waals surface area contributed by atoms with E-state index in [2.05, 4.69) is 26.1 Å². The molecule has 0 aliphatic carbocycles. The highest BCUT2D eigenvalue weighted by Gasteiger charge is 2.16. The van der Waals surface area contributed by atoms with E-state index in [1.807, 2.05) is 49.4 Å². The van der Waals surface area contributed by atoms with E-state index in [1.54, 1.807) is 0 Å². The predicted molar refractivity (Wildman–Crippen MR) is 112 cm³/mol. The lowest BCUT2D eigenvalue weighted by molar-refractivity contribution is 0.269. The monoisotopic (exact) mass is 397 g/mol. The van der Waals surface area contributed by atoms with Crippen molar-refractivity contribution >= 4 is 24.0 Å². The molecule has 0 fully saturated rings. The van der Waals surface area contributed by atoms with Crippen LogP contribution in [-0.4, -0.2) is 12.1 Å². The predicted octanol–water partition coefficient (Wildman–Crippen LogP) is 6.02. The van der Waals surface area contributed by atoms with Crippen LogP contribution in [0.4, 0.5) is 0 Å². The molecular formula is C21H29Cl2NO2. The van der Waals surface area contributed by atoms with Crippen LogP contribution in [0, 0.1) is 0 Å². The Bertz CT molecular complexity index is 675. The molecule has 0 atom stereocenters. The molecule has 0 spiro atoms. The van der Waals surface area contributed by atoms with Crippen LogP contribution in [0.25, 0.3) is 0 Å². The third-order valence-electron chi connectivity index (χ3n) is 4.25. The first-order valence-corrected chi connectivity index (χ1v) is 9.20. The molecule has 0 saturated heterocycles. The first-order valence-electron chi connectivity index (χ1n) is 8.82.